The lowest BCUT2D eigenvalue weighted by atomic mass is 9.76. The number of nitrogens with two attached hydrogens (primary N) is 1. The third kappa shape index (κ3) is 8.51. The fourth-order valence-electron chi connectivity index (χ4n) is 4.41. The molecule has 2 aromatic rings. The number of allylic oxidation sites excluding steroid dienone is 2. The molecule has 1 amide bonds. The van der Waals surface area contributed by atoms with Crippen LogP contribution in [0.25, 0.3) is 5.57 Å². The average Bonchev–Trinajstić information content (AvgIpc) is 3.24. The van der Waals surface area contributed by atoms with Gasteiger partial charge in [0.05, 0.1) is 0 Å². The molecule has 8 heteroatoms. The molecule has 0 radical (unpaired) electrons. The van der Waals surface area contributed by atoms with E-state index < -0.39 is 8.07 Å². The molecule has 0 saturated carbocycles. The van der Waals surface area contributed by atoms with Crippen molar-refractivity contribution >= 4 is 25.3 Å². The minimum atomic E-state index is -1.23. The second-order valence-corrected chi connectivity index (χ2v) is 17.7. The van der Waals surface area contributed by atoms with Crippen molar-refractivity contribution in [2.24, 2.45) is 11.1 Å². The average molecular weight is 521 g/mol. The lowest BCUT2D eigenvalue weighted by Gasteiger charge is -2.29. The monoisotopic (exact) mass is 520 g/mol. The largest absolute Gasteiger partial charge is 0.370 e. The van der Waals surface area contributed by atoms with Gasteiger partial charge in [-0.2, -0.15) is 5.26 Å². The Bertz CT molecular complexity index is 1210. The Morgan fingerprint density at radius 1 is 1.27 bits per heavy atom. The minimum Gasteiger partial charge on any atom is -0.370 e. The summed E-state index contributed by atoms with van der Waals surface area (Å²) in [5, 5.41) is 9.39. The number of carbonyl (C=O) groups excluding carboxylic acids is 2. The number of hydrogen-bond acceptors (Lipinski definition) is 5. The molecule has 1 heterocycles. The summed E-state index contributed by atoms with van der Waals surface area (Å²) in [4.78, 5) is 29.1. The molecule has 1 aromatic carbocycles. The van der Waals surface area contributed by atoms with Crippen LogP contribution >= 0.6 is 0 Å². The Hall–Kier alpha value is -3.02. The second kappa shape index (κ2) is 12.0. The highest BCUT2D eigenvalue weighted by Gasteiger charge is 2.25. The number of benzene rings is 1. The summed E-state index contributed by atoms with van der Waals surface area (Å²) in [5.74, 6) is -0.239. The fourth-order valence-corrected chi connectivity index (χ4v) is 5.16. The molecule has 0 aliphatic heterocycles. The third-order valence-corrected chi connectivity index (χ3v) is 8.57. The number of ketones is 1. The topological polar surface area (TPSA) is 111 Å². The molecule has 0 spiro atoms. The number of ether oxygens (including phenoxy) is 1. The quantitative estimate of drug-likeness (QED) is 0.225. The van der Waals surface area contributed by atoms with Crippen molar-refractivity contribution in [3.63, 3.8) is 0 Å². The second-order valence-electron chi connectivity index (χ2n) is 12.0. The van der Waals surface area contributed by atoms with Crippen molar-refractivity contribution in [2.75, 3.05) is 6.61 Å². The minimum absolute atomic E-state index is 0.154. The zero-order chi connectivity index (χ0) is 27.2. The maximum absolute atomic E-state index is 13.5. The van der Waals surface area contributed by atoms with Gasteiger partial charge in [-0.3, -0.25) is 9.59 Å². The molecule has 198 valence electrons. The molecule has 0 atom stereocenters. The van der Waals surface area contributed by atoms with E-state index in [2.05, 4.69) is 50.6 Å². The highest BCUT2D eigenvalue weighted by atomic mass is 28.3. The Morgan fingerprint density at radius 3 is 2.65 bits per heavy atom. The molecule has 0 fully saturated rings. The smallest absolute Gasteiger partial charge is 0.217 e. The number of rotatable bonds is 12. The van der Waals surface area contributed by atoms with Crippen LogP contribution in [0.4, 0.5) is 0 Å². The number of hydrogen-bond donors (Lipinski definition) is 1. The molecule has 1 aliphatic rings. The van der Waals surface area contributed by atoms with E-state index in [1.807, 2.05) is 18.2 Å². The van der Waals surface area contributed by atoms with Gasteiger partial charge in [-0.25, -0.2) is 4.98 Å². The van der Waals surface area contributed by atoms with Gasteiger partial charge in [0.15, 0.2) is 11.5 Å². The van der Waals surface area contributed by atoms with E-state index in [1.165, 1.54) is 5.57 Å². The summed E-state index contributed by atoms with van der Waals surface area (Å²) in [6.45, 7) is 12.2. The fraction of sp³-hybridized carbons (Fsp3) is 0.517. The first kappa shape index (κ1) is 28.5. The number of nitriles is 1. The SMILES string of the molecule is CC1(C)CC=C(c2cc(CCC(N)=O)ccc2CC(=O)c2nc(C#N)cn2COCC[Si](C)(C)C)CC1. The summed E-state index contributed by atoms with van der Waals surface area (Å²) in [5.41, 5.74) is 10.1. The highest BCUT2D eigenvalue weighted by Crippen LogP contribution is 2.39. The summed E-state index contributed by atoms with van der Waals surface area (Å²) in [6, 6.07) is 9.11. The van der Waals surface area contributed by atoms with Gasteiger partial charge in [0.1, 0.15) is 12.8 Å². The number of nitrogens with zero attached hydrogens (tertiary/aromatic N) is 3. The van der Waals surface area contributed by atoms with Crippen LogP contribution in [0, 0.1) is 16.7 Å². The summed E-state index contributed by atoms with van der Waals surface area (Å²) < 4.78 is 7.49. The summed E-state index contributed by atoms with van der Waals surface area (Å²) >= 11 is 0. The number of carbonyl (C=O) groups is 2. The predicted molar refractivity (Wildman–Crippen MR) is 149 cm³/mol. The number of primary amides is 1. The Morgan fingerprint density at radius 2 is 2.03 bits per heavy atom. The molecule has 37 heavy (non-hydrogen) atoms. The van der Waals surface area contributed by atoms with E-state index in [9.17, 15) is 14.9 Å². The highest BCUT2D eigenvalue weighted by molar-refractivity contribution is 6.76. The molecule has 3 rings (SSSR count). The first-order valence-corrected chi connectivity index (χ1v) is 16.8. The van der Waals surface area contributed by atoms with Gasteiger partial charge in [-0.15, -0.1) is 0 Å². The zero-order valence-electron chi connectivity index (χ0n) is 22.9. The van der Waals surface area contributed by atoms with Crippen LogP contribution in [0.3, 0.4) is 0 Å². The summed E-state index contributed by atoms with van der Waals surface area (Å²) in [6.07, 6.45) is 7.88. The van der Waals surface area contributed by atoms with Crippen LogP contribution in [0.2, 0.25) is 25.7 Å². The standard InChI is InChI=1S/C29H40N4O3Si/c1-29(2)12-10-22(11-13-29)25-16-21(7-9-27(31)35)6-8-23(25)17-26(34)28-32-24(18-30)19-33(28)20-36-14-15-37(3,4)5/h6,8,10,16,19H,7,9,11-15,17,20H2,1-5H3,(H2,31,35). The van der Waals surface area contributed by atoms with Crippen LogP contribution in [0.1, 0.15) is 72.5 Å². The van der Waals surface area contributed by atoms with Crippen LogP contribution in [-0.2, 0) is 29.1 Å². The molecule has 0 saturated heterocycles. The van der Waals surface area contributed by atoms with E-state index in [-0.39, 0.29) is 48.2 Å². The molecular weight excluding hydrogens is 480 g/mol. The molecule has 7 nitrogen and oxygen atoms in total. The number of imidazole rings is 1. The number of aryl methyl sites for hydroxylation is 1. The zero-order valence-corrected chi connectivity index (χ0v) is 23.9. The lowest BCUT2D eigenvalue weighted by molar-refractivity contribution is -0.117. The van der Waals surface area contributed by atoms with Crippen molar-refractivity contribution in [3.8, 4) is 6.07 Å². The van der Waals surface area contributed by atoms with Crippen molar-refractivity contribution in [1.82, 2.24) is 9.55 Å². The van der Waals surface area contributed by atoms with E-state index >= 15 is 0 Å². The molecule has 1 aliphatic carbocycles. The van der Waals surface area contributed by atoms with Gasteiger partial charge in [0.25, 0.3) is 0 Å². The van der Waals surface area contributed by atoms with E-state index in [0.717, 1.165) is 42.0 Å². The maximum atomic E-state index is 13.5. The Balaban J connectivity index is 1.85. The molecule has 0 unspecified atom stereocenters. The van der Waals surface area contributed by atoms with Crippen molar-refractivity contribution < 1.29 is 14.3 Å². The molecule has 1 aromatic heterocycles. The summed E-state index contributed by atoms with van der Waals surface area (Å²) in [7, 11) is -1.23. The number of amides is 1. The molecule has 0 bridgehead atoms. The van der Waals surface area contributed by atoms with Crippen LogP contribution in [0.5, 0.6) is 0 Å². The van der Waals surface area contributed by atoms with Gasteiger partial charge in [0, 0.05) is 33.7 Å². The van der Waals surface area contributed by atoms with E-state index in [1.54, 1.807) is 10.8 Å². The number of aromatic nitrogens is 2. The van der Waals surface area contributed by atoms with Crippen molar-refractivity contribution in [1.29, 1.82) is 5.26 Å². The maximum Gasteiger partial charge on any atom is 0.217 e. The normalized spacial score (nSPS) is 15.2. The Kier molecular flexibility index (Phi) is 9.27. The number of Topliss-reactive ketones (excluding diaryl/α,β-unsaturated/α-hetero) is 1. The van der Waals surface area contributed by atoms with Gasteiger partial charge in [-0.05, 0) is 59.4 Å². The predicted octanol–water partition coefficient (Wildman–Crippen LogP) is 5.50. The molecule has 2 N–H and O–H groups in total. The van der Waals surface area contributed by atoms with Crippen LogP contribution in [0.15, 0.2) is 30.5 Å². The Labute approximate surface area is 221 Å². The van der Waals surface area contributed by atoms with Gasteiger partial charge < -0.3 is 15.0 Å². The van der Waals surface area contributed by atoms with Crippen molar-refractivity contribution in [2.45, 2.75) is 84.8 Å². The van der Waals surface area contributed by atoms with E-state index in [4.69, 9.17) is 10.5 Å². The van der Waals surface area contributed by atoms with Gasteiger partial charge in [-0.1, -0.05) is 57.8 Å². The van der Waals surface area contributed by atoms with E-state index in [0.29, 0.717) is 13.0 Å². The molecular formula is C29H40N4O3Si. The van der Waals surface area contributed by atoms with Crippen molar-refractivity contribution in [3.05, 3.63) is 58.7 Å². The first-order valence-electron chi connectivity index (χ1n) is 13.0. The third-order valence-electron chi connectivity index (χ3n) is 6.87. The van der Waals surface area contributed by atoms with Crippen LogP contribution < -0.4 is 5.73 Å². The van der Waals surface area contributed by atoms with Crippen LogP contribution in [-0.4, -0.2) is 35.9 Å². The first-order chi connectivity index (χ1) is 17.4. The van der Waals surface area contributed by atoms with Gasteiger partial charge in [0.2, 0.25) is 11.7 Å². The lowest BCUT2D eigenvalue weighted by Crippen LogP contribution is -2.22. The van der Waals surface area contributed by atoms with Gasteiger partial charge >= 0.3 is 0 Å².